The number of thiophene rings is 1. The van der Waals surface area contributed by atoms with E-state index in [0.717, 1.165) is 18.7 Å². The van der Waals surface area contributed by atoms with Gasteiger partial charge in [0.15, 0.2) is 0 Å². The first kappa shape index (κ1) is 12.1. The Kier molecular flexibility index (Phi) is 4.67. The molecule has 1 N–H and O–H groups in total. The normalized spacial score (nSPS) is 10.9. The molecule has 1 rings (SSSR count). The summed E-state index contributed by atoms with van der Waals surface area (Å²) >= 11 is 1.17. The van der Waals surface area contributed by atoms with Crippen LogP contribution in [0.4, 0.5) is 5.00 Å². The highest BCUT2D eigenvalue weighted by Crippen LogP contribution is 2.22. The van der Waals surface area contributed by atoms with Gasteiger partial charge in [0, 0.05) is 31.1 Å². The fraction of sp³-hybridized carbons (Fsp3) is 0.556. The van der Waals surface area contributed by atoms with Gasteiger partial charge < -0.3 is 10.2 Å². The Hall–Kier alpha value is -0.980. The maximum atomic E-state index is 10.4. The SMILES string of the molecule is CN(C)CCNCc1csc([N+](=O)[O-])c1. The van der Waals surface area contributed by atoms with Crippen LogP contribution < -0.4 is 5.32 Å². The third-order valence-electron chi connectivity index (χ3n) is 1.88. The molecule has 0 atom stereocenters. The summed E-state index contributed by atoms with van der Waals surface area (Å²) < 4.78 is 0. The molecule has 0 bridgehead atoms. The van der Waals surface area contributed by atoms with Crippen LogP contribution in [0.5, 0.6) is 0 Å². The van der Waals surface area contributed by atoms with E-state index < -0.39 is 0 Å². The topological polar surface area (TPSA) is 58.4 Å². The van der Waals surface area contributed by atoms with Gasteiger partial charge in [0.25, 0.3) is 0 Å². The number of nitrogens with zero attached hydrogens (tertiary/aromatic N) is 2. The Bertz CT molecular complexity index is 325. The van der Waals surface area contributed by atoms with Crippen LogP contribution in [0.1, 0.15) is 5.56 Å². The third-order valence-corrected chi connectivity index (χ3v) is 2.81. The molecule has 0 fully saturated rings. The molecule has 0 spiro atoms. The van der Waals surface area contributed by atoms with Crippen LogP contribution >= 0.6 is 11.3 Å². The van der Waals surface area contributed by atoms with Crippen LogP contribution in [-0.4, -0.2) is 37.0 Å². The van der Waals surface area contributed by atoms with Crippen LogP contribution in [0.3, 0.4) is 0 Å². The van der Waals surface area contributed by atoms with Gasteiger partial charge in [-0.05, 0) is 19.7 Å². The van der Waals surface area contributed by atoms with Crippen molar-refractivity contribution in [1.29, 1.82) is 0 Å². The zero-order valence-corrected chi connectivity index (χ0v) is 9.71. The minimum Gasteiger partial charge on any atom is -0.311 e. The molecule has 1 aromatic heterocycles. The number of nitrogens with one attached hydrogen (secondary N) is 1. The minimum atomic E-state index is -0.353. The molecule has 0 unspecified atom stereocenters. The number of likely N-dealkylation sites (N-methyl/N-ethyl adjacent to an activating group) is 1. The standard InChI is InChI=1S/C9H15N3O2S/c1-11(2)4-3-10-6-8-5-9(12(13)14)15-7-8/h5,7,10H,3-4,6H2,1-2H3. The highest BCUT2D eigenvalue weighted by atomic mass is 32.1. The van der Waals surface area contributed by atoms with E-state index in [4.69, 9.17) is 0 Å². The molecule has 6 heteroatoms. The van der Waals surface area contributed by atoms with Crippen molar-refractivity contribution in [3.05, 3.63) is 27.1 Å². The summed E-state index contributed by atoms with van der Waals surface area (Å²) in [6.07, 6.45) is 0. The number of rotatable bonds is 6. The van der Waals surface area contributed by atoms with Gasteiger partial charge in [0.1, 0.15) is 0 Å². The largest absolute Gasteiger partial charge is 0.324 e. The van der Waals surface area contributed by atoms with Gasteiger partial charge in [-0.3, -0.25) is 10.1 Å². The van der Waals surface area contributed by atoms with Crippen molar-refractivity contribution in [3.8, 4) is 0 Å². The first-order chi connectivity index (χ1) is 7.09. The van der Waals surface area contributed by atoms with Crippen LogP contribution in [-0.2, 0) is 6.54 Å². The Balaban J connectivity index is 2.29. The lowest BCUT2D eigenvalue weighted by Crippen LogP contribution is -2.25. The molecule has 0 aliphatic carbocycles. The molecule has 0 aliphatic heterocycles. The Labute approximate surface area is 92.9 Å². The molecule has 0 saturated heterocycles. The van der Waals surface area contributed by atoms with Crippen LogP contribution in [0, 0.1) is 10.1 Å². The smallest absolute Gasteiger partial charge is 0.311 e. The van der Waals surface area contributed by atoms with Gasteiger partial charge in [-0.25, -0.2) is 0 Å². The van der Waals surface area contributed by atoms with Crippen LogP contribution in [0.2, 0.25) is 0 Å². The first-order valence-corrected chi connectivity index (χ1v) is 5.55. The summed E-state index contributed by atoms with van der Waals surface area (Å²) in [5.41, 5.74) is 0.977. The summed E-state index contributed by atoms with van der Waals surface area (Å²) in [4.78, 5) is 12.2. The predicted molar refractivity (Wildman–Crippen MR) is 61.2 cm³/mol. The van der Waals surface area contributed by atoms with Crippen molar-refractivity contribution in [1.82, 2.24) is 10.2 Å². The van der Waals surface area contributed by atoms with Gasteiger partial charge in [0.2, 0.25) is 0 Å². The fourth-order valence-corrected chi connectivity index (χ4v) is 1.82. The van der Waals surface area contributed by atoms with Crippen LogP contribution in [0.15, 0.2) is 11.4 Å². The molecule has 0 aromatic carbocycles. The lowest BCUT2D eigenvalue weighted by Gasteiger charge is -2.09. The molecule has 0 saturated carbocycles. The molecule has 84 valence electrons. The molecule has 15 heavy (non-hydrogen) atoms. The molecule has 0 aliphatic rings. The average Bonchev–Trinajstić information content (AvgIpc) is 2.60. The number of hydrogen-bond acceptors (Lipinski definition) is 5. The maximum absolute atomic E-state index is 10.4. The summed E-state index contributed by atoms with van der Waals surface area (Å²) in [5.74, 6) is 0. The Morgan fingerprint density at radius 1 is 1.60 bits per heavy atom. The second-order valence-electron chi connectivity index (χ2n) is 3.53. The van der Waals surface area contributed by atoms with E-state index in [1.807, 2.05) is 19.5 Å². The summed E-state index contributed by atoms with van der Waals surface area (Å²) in [5, 5.41) is 15.7. The van der Waals surface area contributed by atoms with E-state index in [9.17, 15) is 10.1 Å². The highest BCUT2D eigenvalue weighted by molar-refractivity contribution is 7.13. The quantitative estimate of drug-likeness (QED) is 0.454. The fourth-order valence-electron chi connectivity index (χ4n) is 1.09. The number of hydrogen-bond donors (Lipinski definition) is 1. The highest BCUT2D eigenvalue weighted by Gasteiger charge is 2.08. The Morgan fingerprint density at radius 3 is 2.87 bits per heavy atom. The lowest BCUT2D eigenvalue weighted by atomic mass is 10.3. The van der Waals surface area contributed by atoms with Crippen molar-refractivity contribution in [2.75, 3.05) is 27.2 Å². The summed E-state index contributed by atoms with van der Waals surface area (Å²) in [7, 11) is 4.02. The van der Waals surface area contributed by atoms with E-state index >= 15 is 0 Å². The van der Waals surface area contributed by atoms with Crippen molar-refractivity contribution >= 4 is 16.3 Å². The molecular weight excluding hydrogens is 214 g/mol. The molecule has 1 heterocycles. The molecule has 0 radical (unpaired) electrons. The summed E-state index contributed by atoms with van der Waals surface area (Å²) in [6.45, 7) is 2.54. The van der Waals surface area contributed by atoms with Crippen molar-refractivity contribution in [2.24, 2.45) is 0 Å². The van der Waals surface area contributed by atoms with E-state index in [-0.39, 0.29) is 9.92 Å². The minimum absolute atomic E-state index is 0.208. The van der Waals surface area contributed by atoms with E-state index in [1.54, 1.807) is 6.07 Å². The van der Waals surface area contributed by atoms with Crippen LogP contribution in [0.25, 0.3) is 0 Å². The zero-order valence-electron chi connectivity index (χ0n) is 8.90. The second-order valence-corrected chi connectivity index (χ2v) is 4.42. The second kappa shape index (κ2) is 5.79. The molecule has 0 amide bonds. The first-order valence-electron chi connectivity index (χ1n) is 4.67. The van der Waals surface area contributed by atoms with E-state index in [0.29, 0.717) is 6.54 Å². The number of nitro groups is 1. The lowest BCUT2D eigenvalue weighted by molar-refractivity contribution is -0.380. The van der Waals surface area contributed by atoms with Gasteiger partial charge in [-0.15, -0.1) is 0 Å². The van der Waals surface area contributed by atoms with Gasteiger partial charge >= 0.3 is 5.00 Å². The molecule has 1 aromatic rings. The van der Waals surface area contributed by atoms with E-state index in [1.165, 1.54) is 11.3 Å². The van der Waals surface area contributed by atoms with Crippen molar-refractivity contribution in [2.45, 2.75) is 6.54 Å². The predicted octanol–water partition coefficient (Wildman–Crippen LogP) is 1.31. The molecule has 5 nitrogen and oxygen atoms in total. The third kappa shape index (κ3) is 4.37. The van der Waals surface area contributed by atoms with Crippen molar-refractivity contribution < 1.29 is 4.92 Å². The van der Waals surface area contributed by atoms with Crippen molar-refractivity contribution in [3.63, 3.8) is 0 Å². The molecular formula is C9H15N3O2S. The van der Waals surface area contributed by atoms with Gasteiger partial charge in [0.05, 0.1) is 4.92 Å². The van der Waals surface area contributed by atoms with E-state index in [2.05, 4.69) is 10.2 Å². The summed E-state index contributed by atoms with van der Waals surface area (Å²) in [6, 6.07) is 1.62. The van der Waals surface area contributed by atoms with Gasteiger partial charge in [-0.2, -0.15) is 0 Å². The maximum Gasteiger partial charge on any atom is 0.324 e. The zero-order chi connectivity index (χ0) is 11.3. The van der Waals surface area contributed by atoms with Gasteiger partial charge in [-0.1, -0.05) is 11.3 Å². The average molecular weight is 229 g/mol. The Morgan fingerprint density at radius 2 is 2.33 bits per heavy atom. The monoisotopic (exact) mass is 229 g/mol.